The Hall–Kier alpha value is -3.60. The summed E-state index contributed by atoms with van der Waals surface area (Å²) in [5.74, 6) is -1.58. The van der Waals surface area contributed by atoms with E-state index in [-0.39, 0.29) is 17.9 Å². The number of rotatable bonds is 9. The van der Waals surface area contributed by atoms with E-state index in [1.807, 2.05) is 9.80 Å². The van der Waals surface area contributed by atoms with Crippen molar-refractivity contribution >= 4 is 54.7 Å². The molecule has 0 amide bonds. The number of carboxylic acids is 1. The number of carbonyl (C=O) groups is 2. The molecule has 0 bridgehead atoms. The Labute approximate surface area is 245 Å². The zero-order chi connectivity index (χ0) is 30.9. The predicted octanol–water partition coefficient (Wildman–Crippen LogP) is 1.66. The van der Waals surface area contributed by atoms with Crippen LogP contribution in [-0.4, -0.2) is 106 Å². The van der Waals surface area contributed by atoms with Crippen LogP contribution in [0.15, 0.2) is 36.4 Å². The molecule has 0 aromatic heterocycles. The van der Waals surface area contributed by atoms with Crippen LogP contribution in [0.4, 0.5) is 22.7 Å². The van der Waals surface area contributed by atoms with Gasteiger partial charge in [-0.15, -0.1) is 0 Å². The molecule has 232 valence electrons. The van der Waals surface area contributed by atoms with Crippen LogP contribution in [0.5, 0.6) is 0 Å². The number of ether oxygens (including phenoxy) is 3. The molecule has 0 unspecified atom stereocenters. The average molecular weight is 629 g/mol. The maximum Gasteiger partial charge on any atom is 0.338 e. The summed E-state index contributed by atoms with van der Waals surface area (Å²) >= 11 is 0. The number of nitrogens with one attached hydrogen (secondary N) is 2. The first-order chi connectivity index (χ1) is 19.7. The van der Waals surface area contributed by atoms with Crippen LogP contribution in [0.25, 0.3) is 0 Å². The van der Waals surface area contributed by atoms with Crippen molar-refractivity contribution in [2.24, 2.45) is 0 Å². The first-order valence-electron chi connectivity index (χ1n) is 13.1. The predicted molar refractivity (Wildman–Crippen MR) is 159 cm³/mol. The minimum absolute atomic E-state index is 0.0418. The molecule has 2 aliphatic rings. The smallest absolute Gasteiger partial charge is 0.338 e. The average Bonchev–Trinajstić information content (AvgIpc) is 2.92. The second kappa shape index (κ2) is 14.5. The molecule has 0 aliphatic carbocycles. The highest BCUT2D eigenvalue weighted by atomic mass is 32.2. The third-order valence-corrected chi connectivity index (χ3v) is 7.17. The van der Waals surface area contributed by atoms with Crippen LogP contribution in [0.1, 0.15) is 27.6 Å². The number of morpholine rings is 2. The summed E-state index contributed by atoms with van der Waals surface area (Å²) in [5, 5.41) is 9.11. The summed E-state index contributed by atoms with van der Waals surface area (Å²) in [4.78, 5) is 27.1. The summed E-state index contributed by atoms with van der Waals surface area (Å²) in [7, 11) is -6.88. The number of anilines is 4. The number of benzene rings is 2. The summed E-state index contributed by atoms with van der Waals surface area (Å²) in [6.07, 6.45) is 2.09. The summed E-state index contributed by atoms with van der Waals surface area (Å²) in [5.41, 5.74) is 2.37. The van der Waals surface area contributed by atoms with Crippen molar-refractivity contribution in [3.8, 4) is 0 Å². The third-order valence-electron chi connectivity index (χ3n) is 5.95. The van der Waals surface area contributed by atoms with Crippen molar-refractivity contribution in [2.75, 3.05) is 91.0 Å². The maximum absolute atomic E-state index is 12.0. The second-order valence-electron chi connectivity index (χ2n) is 9.51. The maximum atomic E-state index is 12.0. The molecule has 0 radical (unpaired) electrons. The van der Waals surface area contributed by atoms with E-state index in [2.05, 4.69) is 9.44 Å². The molecule has 2 aromatic carbocycles. The Kier molecular flexibility index (Phi) is 11.4. The van der Waals surface area contributed by atoms with Gasteiger partial charge >= 0.3 is 11.9 Å². The molecule has 14 nitrogen and oxygen atoms in total. The van der Waals surface area contributed by atoms with E-state index in [0.717, 1.165) is 18.2 Å². The quantitative estimate of drug-likeness (QED) is 0.342. The van der Waals surface area contributed by atoms with E-state index >= 15 is 0 Å². The molecule has 0 saturated carbocycles. The highest BCUT2D eigenvalue weighted by Gasteiger charge is 2.18. The van der Waals surface area contributed by atoms with Crippen molar-refractivity contribution in [3.05, 3.63) is 47.5 Å². The Balaban J connectivity index is 0.000000231. The molecule has 42 heavy (non-hydrogen) atoms. The van der Waals surface area contributed by atoms with Gasteiger partial charge in [-0.2, -0.15) is 0 Å². The topological polar surface area (TPSA) is 181 Å². The number of hydrogen-bond donors (Lipinski definition) is 3. The van der Waals surface area contributed by atoms with E-state index in [4.69, 9.17) is 19.3 Å². The number of sulfonamides is 2. The van der Waals surface area contributed by atoms with Crippen molar-refractivity contribution in [1.82, 2.24) is 0 Å². The molecule has 0 atom stereocenters. The zero-order valence-corrected chi connectivity index (χ0v) is 25.3. The molecule has 3 N–H and O–H groups in total. The van der Waals surface area contributed by atoms with E-state index < -0.39 is 32.0 Å². The van der Waals surface area contributed by atoms with Gasteiger partial charge in [-0.05, 0) is 43.3 Å². The Morgan fingerprint density at radius 2 is 1.17 bits per heavy atom. The molecule has 2 aromatic rings. The molecule has 2 saturated heterocycles. The van der Waals surface area contributed by atoms with Gasteiger partial charge in [0, 0.05) is 37.6 Å². The Bertz CT molecular complexity index is 1470. The van der Waals surface area contributed by atoms with Crippen molar-refractivity contribution in [3.63, 3.8) is 0 Å². The van der Waals surface area contributed by atoms with E-state index in [1.165, 1.54) is 18.2 Å². The fraction of sp³-hybridized carbons (Fsp3) is 0.462. The molecule has 2 fully saturated rings. The van der Waals surface area contributed by atoms with Crippen LogP contribution in [0, 0.1) is 0 Å². The number of carboxylic acid groups (broad SMARTS) is 1. The molecular weight excluding hydrogens is 592 g/mol. The molecule has 2 aliphatic heterocycles. The van der Waals surface area contributed by atoms with Gasteiger partial charge in [-0.1, -0.05) is 0 Å². The van der Waals surface area contributed by atoms with Crippen molar-refractivity contribution in [1.29, 1.82) is 0 Å². The molecule has 2 heterocycles. The first kappa shape index (κ1) is 32.9. The number of esters is 1. The van der Waals surface area contributed by atoms with E-state index in [1.54, 1.807) is 25.1 Å². The van der Waals surface area contributed by atoms with Crippen LogP contribution in [0.2, 0.25) is 0 Å². The van der Waals surface area contributed by atoms with Crippen LogP contribution >= 0.6 is 0 Å². The SMILES string of the molecule is CCOC(=O)c1cc(NS(C)(=O)=O)cc(N2CCOCC2)c1.CS(=O)(=O)Nc1cc(C(=O)O)cc(N2CCOCC2)c1. The molecule has 0 spiro atoms. The number of nitrogens with zero attached hydrogens (tertiary/aromatic N) is 2. The monoisotopic (exact) mass is 628 g/mol. The number of carbonyl (C=O) groups excluding carboxylic acids is 1. The van der Waals surface area contributed by atoms with Gasteiger partial charge in [-0.3, -0.25) is 9.44 Å². The standard InChI is InChI=1S/C14H20N2O5S.C12H16N2O5S/c1-3-21-14(17)11-8-12(15-22(2,18)19)10-13(9-11)16-4-6-20-7-5-16;1-20(17,18)13-10-6-9(12(15)16)7-11(8-10)14-2-4-19-5-3-14/h8-10,15H,3-7H2,1-2H3;6-8,13H,2-5H2,1H3,(H,15,16). The Morgan fingerprint density at radius 3 is 1.55 bits per heavy atom. The van der Waals surface area contributed by atoms with Gasteiger partial charge in [0.2, 0.25) is 20.0 Å². The lowest BCUT2D eigenvalue weighted by Gasteiger charge is -2.29. The highest BCUT2D eigenvalue weighted by molar-refractivity contribution is 7.92. The van der Waals surface area contributed by atoms with Gasteiger partial charge in [0.15, 0.2) is 0 Å². The lowest BCUT2D eigenvalue weighted by molar-refractivity contribution is 0.0525. The van der Waals surface area contributed by atoms with Crippen LogP contribution in [0.3, 0.4) is 0 Å². The Morgan fingerprint density at radius 1 is 0.762 bits per heavy atom. The summed E-state index contributed by atoms with van der Waals surface area (Å²) in [6, 6.07) is 9.34. The lowest BCUT2D eigenvalue weighted by atomic mass is 10.1. The second-order valence-corrected chi connectivity index (χ2v) is 13.0. The van der Waals surface area contributed by atoms with Gasteiger partial charge < -0.3 is 29.1 Å². The number of aromatic carboxylic acids is 1. The molecule has 16 heteroatoms. The summed E-state index contributed by atoms with van der Waals surface area (Å²) in [6.45, 7) is 6.95. The summed E-state index contributed by atoms with van der Waals surface area (Å²) < 4.78 is 65.7. The molecule has 4 rings (SSSR count). The van der Waals surface area contributed by atoms with E-state index in [0.29, 0.717) is 69.5 Å². The fourth-order valence-electron chi connectivity index (χ4n) is 4.23. The number of hydrogen-bond acceptors (Lipinski definition) is 11. The lowest BCUT2D eigenvalue weighted by Crippen LogP contribution is -2.36. The third kappa shape index (κ3) is 10.7. The fourth-order valence-corrected chi connectivity index (χ4v) is 5.32. The zero-order valence-electron chi connectivity index (χ0n) is 23.7. The van der Waals surface area contributed by atoms with Gasteiger partial charge in [-0.25, -0.2) is 26.4 Å². The van der Waals surface area contributed by atoms with Gasteiger partial charge in [0.25, 0.3) is 0 Å². The van der Waals surface area contributed by atoms with Crippen LogP contribution in [-0.2, 0) is 34.3 Å². The highest BCUT2D eigenvalue weighted by Crippen LogP contribution is 2.26. The van der Waals surface area contributed by atoms with Crippen LogP contribution < -0.4 is 19.2 Å². The largest absolute Gasteiger partial charge is 0.478 e. The van der Waals surface area contributed by atoms with Gasteiger partial charge in [0.05, 0.1) is 68.0 Å². The normalized spacial score (nSPS) is 15.7. The van der Waals surface area contributed by atoms with Crippen molar-refractivity contribution in [2.45, 2.75) is 6.92 Å². The van der Waals surface area contributed by atoms with Gasteiger partial charge in [0.1, 0.15) is 0 Å². The van der Waals surface area contributed by atoms with Crippen molar-refractivity contribution < 1.29 is 45.7 Å². The minimum atomic E-state index is -3.45. The molecular formula is C26H36N4O10S2. The minimum Gasteiger partial charge on any atom is -0.478 e. The van der Waals surface area contributed by atoms with E-state index in [9.17, 15) is 26.4 Å². The first-order valence-corrected chi connectivity index (χ1v) is 16.8.